The predicted octanol–water partition coefficient (Wildman–Crippen LogP) is 4.04. The summed E-state index contributed by atoms with van der Waals surface area (Å²) >= 11 is 0. The van der Waals surface area contributed by atoms with E-state index in [1.54, 1.807) is 44.9 Å². The summed E-state index contributed by atoms with van der Waals surface area (Å²) in [6.45, 7) is -0.102. The first-order chi connectivity index (χ1) is 19.1. The molecule has 4 heterocycles. The summed E-state index contributed by atoms with van der Waals surface area (Å²) < 4.78 is 12.4. The van der Waals surface area contributed by atoms with Crippen molar-refractivity contribution in [1.82, 2.24) is 19.7 Å². The van der Waals surface area contributed by atoms with Crippen molar-refractivity contribution >= 4 is 28.9 Å². The number of fused-ring (bicyclic) bond motifs is 2. The van der Waals surface area contributed by atoms with Gasteiger partial charge in [-0.1, -0.05) is 18.2 Å². The van der Waals surface area contributed by atoms with Crippen LogP contribution in [0, 0.1) is 0 Å². The Kier molecular flexibility index (Phi) is 7.59. The quantitative estimate of drug-likeness (QED) is 0.336. The molecule has 1 N–H and O–H groups in total. The van der Waals surface area contributed by atoms with Crippen LogP contribution in [0.15, 0.2) is 89.0 Å². The topological polar surface area (TPSA) is 112 Å². The number of aliphatic hydroxyl groups is 1. The highest BCUT2D eigenvalue weighted by Gasteiger charge is 2.25. The minimum Gasteiger partial charge on any atom is -0.493 e. The van der Waals surface area contributed by atoms with Crippen molar-refractivity contribution in [2.45, 2.75) is 12.5 Å². The first kappa shape index (κ1) is 27.0. The zero-order valence-corrected chi connectivity index (χ0v) is 22.6. The molecule has 0 aliphatic carbocycles. The summed E-state index contributed by atoms with van der Waals surface area (Å²) in [5.41, 5.74) is 4.38. The molecule has 1 aliphatic rings. The van der Waals surface area contributed by atoms with E-state index in [1.165, 1.54) is 4.68 Å². The molecule has 0 unspecified atom stereocenters. The maximum atomic E-state index is 13.6. The summed E-state index contributed by atoms with van der Waals surface area (Å²) in [6, 6.07) is 18.2. The highest BCUT2D eigenvalue weighted by atomic mass is 35.5. The SMILES string of the molecule is COc1cc2c(cc1OC)C(c1ccnc(-n3nc(-c4cccnc4)c4ccccc4c3=O)c1)=N[C@H](CO)C2.Cl. The van der Waals surface area contributed by atoms with E-state index in [4.69, 9.17) is 19.6 Å². The minimum atomic E-state index is -0.319. The van der Waals surface area contributed by atoms with Crippen LogP contribution in [0.4, 0.5) is 0 Å². The summed E-state index contributed by atoms with van der Waals surface area (Å²) in [4.78, 5) is 27.2. The van der Waals surface area contributed by atoms with Gasteiger partial charge in [-0.25, -0.2) is 4.98 Å². The molecule has 1 aliphatic heterocycles. The maximum absolute atomic E-state index is 13.6. The van der Waals surface area contributed by atoms with Crippen molar-refractivity contribution in [1.29, 1.82) is 0 Å². The molecule has 0 spiro atoms. The normalized spacial score (nSPS) is 14.2. The Bertz CT molecular complexity index is 1790. The Morgan fingerprint density at radius 3 is 2.45 bits per heavy atom. The van der Waals surface area contributed by atoms with Crippen LogP contribution in [0.1, 0.15) is 16.7 Å². The van der Waals surface area contributed by atoms with E-state index in [0.717, 1.165) is 27.6 Å². The number of ether oxygens (including phenoxy) is 2. The maximum Gasteiger partial charge on any atom is 0.280 e. The van der Waals surface area contributed by atoms with Gasteiger partial charge >= 0.3 is 0 Å². The Hall–Kier alpha value is -4.60. The average molecular weight is 556 g/mol. The van der Waals surface area contributed by atoms with Crippen LogP contribution in [0.5, 0.6) is 11.5 Å². The summed E-state index contributed by atoms with van der Waals surface area (Å²) in [7, 11) is 3.18. The van der Waals surface area contributed by atoms with E-state index in [1.807, 2.05) is 48.5 Å². The Morgan fingerprint density at radius 2 is 1.73 bits per heavy atom. The van der Waals surface area contributed by atoms with Gasteiger partial charge in [-0.05, 0) is 54.4 Å². The van der Waals surface area contributed by atoms with Crippen LogP contribution >= 0.6 is 12.4 Å². The molecular weight excluding hydrogens is 530 g/mol. The van der Waals surface area contributed by atoms with Gasteiger partial charge in [0, 0.05) is 40.7 Å². The van der Waals surface area contributed by atoms with Crippen LogP contribution in [0.25, 0.3) is 27.8 Å². The monoisotopic (exact) mass is 555 g/mol. The van der Waals surface area contributed by atoms with Gasteiger partial charge in [-0.3, -0.25) is 14.8 Å². The number of aliphatic imine (C=N–C) groups is 1. The van der Waals surface area contributed by atoms with E-state index in [-0.39, 0.29) is 30.6 Å². The molecule has 3 aromatic heterocycles. The van der Waals surface area contributed by atoms with Crippen molar-refractivity contribution in [2.24, 2.45) is 4.99 Å². The number of aromatic nitrogens is 4. The lowest BCUT2D eigenvalue weighted by molar-refractivity contribution is 0.265. The van der Waals surface area contributed by atoms with Gasteiger partial charge < -0.3 is 14.6 Å². The molecule has 1 atom stereocenters. The first-order valence-electron chi connectivity index (χ1n) is 12.4. The summed E-state index contributed by atoms with van der Waals surface area (Å²) in [6.07, 6.45) is 5.61. The molecule has 0 fully saturated rings. The molecular formula is C30H26ClN5O4. The van der Waals surface area contributed by atoms with E-state index in [9.17, 15) is 9.90 Å². The number of methoxy groups -OCH3 is 2. The lowest BCUT2D eigenvalue weighted by atomic mass is 9.90. The Morgan fingerprint density at radius 1 is 0.950 bits per heavy atom. The largest absolute Gasteiger partial charge is 0.493 e. The molecule has 40 heavy (non-hydrogen) atoms. The molecule has 0 saturated carbocycles. The predicted molar refractivity (Wildman–Crippen MR) is 155 cm³/mol. The zero-order chi connectivity index (χ0) is 26.9. The Balaban J connectivity index is 0.00000323. The fourth-order valence-corrected chi connectivity index (χ4v) is 4.94. The van der Waals surface area contributed by atoms with Gasteiger partial charge in [-0.15, -0.1) is 12.4 Å². The second-order valence-electron chi connectivity index (χ2n) is 9.14. The highest BCUT2D eigenvalue weighted by Crippen LogP contribution is 2.35. The fourth-order valence-electron chi connectivity index (χ4n) is 4.94. The van der Waals surface area contributed by atoms with Crippen molar-refractivity contribution < 1.29 is 14.6 Å². The van der Waals surface area contributed by atoms with E-state index >= 15 is 0 Å². The molecule has 0 bridgehead atoms. The molecule has 0 amide bonds. The van der Waals surface area contributed by atoms with E-state index in [2.05, 4.69) is 9.97 Å². The first-order valence-corrected chi connectivity index (χ1v) is 12.4. The second-order valence-corrected chi connectivity index (χ2v) is 9.14. The number of nitrogens with zero attached hydrogens (tertiary/aromatic N) is 5. The van der Waals surface area contributed by atoms with Crippen LogP contribution in [0.2, 0.25) is 0 Å². The molecule has 0 radical (unpaired) electrons. The van der Waals surface area contributed by atoms with Crippen molar-refractivity contribution in [3.8, 4) is 28.6 Å². The number of pyridine rings is 2. The van der Waals surface area contributed by atoms with E-state index in [0.29, 0.717) is 40.5 Å². The van der Waals surface area contributed by atoms with Gasteiger partial charge in [0.25, 0.3) is 5.56 Å². The molecule has 202 valence electrons. The van der Waals surface area contributed by atoms with E-state index < -0.39 is 0 Å². The van der Waals surface area contributed by atoms with Crippen LogP contribution in [-0.4, -0.2) is 57.4 Å². The second kappa shape index (κ2) is 11.3. The van der Waals surface area contributed by atoms with Crippen molar-refractivity contribution in [3.63, 3.8) is 0 Å². The fraction of sp³-hybridized carbons (Fsp3) is 0.167. The van der Waals surface area contributed by atoms with Crippen LogP contribution < -0.4 is 15.0 Å². The third kappa shape index (κ3) is 4.70. The van der Waals surface area contributed by atoms with Crippen molar-refractivity contribution in [3.05, 3.63) is 106 Å². The average Bonchev–Trinajstić information content (AvgIpc) is 3.00. The van der Waals surface area contributed by atoms with Crippen LogP contribution in [-0.2, 0) is 6.42 Å². The number of halogens is 1. The number of benzene rings is 2. The molecule has 2 aromatic carbocycles. The molecule has 5 aromatic rings. The number of rotatable bonds is 6. The smallest absolute Gasteiger partial charge is 0.280 e. The lowest BCUT2D eigenvalue weighted by Gasteiger charge is -2.24. The minimum absolute atomic E-state index is 0. The van der Waals surface area contributed by atoms with Gasteiger partial charge in [0.1, 0.15) is 5.69 Å². The van der Waals surface area contributed by atoms with Crippen LogP contribution in [0.3, 0.4) is 0 Å². The molecule has 6 rings (SSSR count). The van der Waals surface area contributed by atoms with Gasteiger partial charge in [0.15, 0.2) is 17.3 Å². The molecule has 10 heteroatoms. The summed E-state index contributed by atoms with van der Waals surface area (Å²) in [5.74, 6) is 1.54. The third-order valence-corrected chi connectivity index (χ3v) is 6.82. The molecule has 9 nitrogen and oxygen atoms in total. The zero-order valence-electron chi connectivity index (χ0n) is 21.8. The van der Waals surface area contributed by atoms with Gasteiger partial charge in [-0.2, -0.15) is 9.78 Å². The number of hydrogen-bond acceptors (Lipinski definition) is 8. The third-order valence-electron chi connectivity index (χ3n) is 6.82. The standard InChI is InChI=1S/C30H25N5O4.ClH/c1-38-25-13-20-12-21(17-36)33-28(24(20)15-26(25)39-2)18-9-11-32-27(14-18)35-30(37)23-8-4-3-7-22(23)29(34-35)19-6-5-10-31-16-19;/h3-11,13-16,21,36H,12,17H2,1-2H3;1H/t21-;/m0./s1. The highest BCUT2D eigenvalue weighted by molar-refractivity contribution is 6.15. The van der Waals surface area contributed by atoms with Gasteiger partial charge in [0.05, 0.1) is 38.0 Å². The van der Waals surface area contributed by atoms with Crippen molar-refractivity contribution in [2.75, 3.05) is 20.8 Å². The number of hydrogen-bond donors (Lipinski definition) is 1. The lowest BCUT2D eigenvalue weighted by Crippen LogP contribution is -2.26. The number of aliphatic hydroxyl groups excluding tert-OH is 1. The Labute approximate surface area is 236 Å². The summed E-state index contributed by atoms with van der Waals surface area (Å²) in [5, 5.41) is 16.0. The van der Waals surface area contributed by atoms with Gasteiger partial charge in [0.2, 0.25) is 0 Å². The molecule has 0 saturated heterocycles.